The van der Waals surface area contributed by atoms with Gasteiger partial charge in [0.15, 0.2) is 0 Å². The topological polar surface area (TPSA) is 110 Å². The van der Waals surface area contributed by atoms with Crippen LogP contribution in [-0.2, 0) is 0 Å². The van der Waals surface area contributed by atoms with Crippen LogP contribution in [0, 0.1) is 27.7 Å². The van der Waals surface area contributed by atoms with Crippen LogP contribution in [0.1, 0.15) is 47.9 Å². The van der Waals surface area contributed by atoms with Crippen molar-refractivity contribution in [1.29, 1.82) is 0 Å². The van der Waals surface area contributed by atoms with Crippen LogP contribution < -0.4 is 56.0 Å². The zero-order valence-corrected chi connectivity index (χ0v) is 33.8. The summed E-state index contributed by atoms with van der Waals surface area (Å²) >= 11 is 0. The second-order valence-corrected chi connectivity index (χ2v) is 14.5. The summed E-state index contributed by atoms with van der Waals surface area (Å²) in [6, 6.07) is 38.0. The molecule has 8 aromatic rings. The van der Waals surface area contributed by atoms with E-state index in [0.717, 1.165) is 128 Å². The number of nitrogens with two attached hydrogens (primary N) is 2. The average Bonchev–Trinajstić information content (AvgIpc) is 3.16. The highest BCUT2D eigenvalue weighted by molar-refractivity contribution is 5.88. The fourth-order valence-corrected chi connectivity index (χ4v) is 7.49. The van der Waals surface area contributed by atoms with E-state index in [1.54, 1.807) is 0 Å². The molecular weight excluding hydrogens is 735 g/mol. The largest absolute Gasteiger partial charge is 1.00 e. The maximum Gasteiger partial charge on any atom is 0.239 e. The lowest BCUT2D eigenvalue weighted by atomic mass is 10.1. The normalized spacial score (nSPS) is 11.1. The van der Waals surface area contributed by atoms with Crippen molar-refractivity contribution in [3.05, 3.63) is 131 Å². The van der Waals surface area contributed by atoms with Crippen LogP contribution in [0.5, 0.6) is 0 Å². The maximum absolute atomic E-state index is 6.40. The van der Waals surface area contributed by atoms with Crippen molar-refractivity contribution >= 4 is 66.9 Å². The van der Waals surface area contributed by atoms with E-state index in [9.17, 15) is 0 Å². The van der Waals surface area contributed by atoms with Crippen LogP contribution >= 0.6 is 0 Å². The maximum atomic E-state index is 6.40. The number of anilines is 4. The van der Waals surface area contributed by atoms with E-state index in [1.165, 1.54) is 11.1 Å². The standard InChI is InChI=1S/C46H46N8.2ClH/c1-29-21-39-43(25-35(29)47)53(33-15-9-7-10-16-33)45-27-37(31(3)23-41(45)51-39)49-19-13-5-6-14-20-50-38-28-46-42(24-32(38)4)52-40-22-30(2)36(48)26-44(40)54(46)34-17-11-8-12-18-34;;/h7-12,15-18,21-28H,5-6,13-14,19-20H2,1-4H3,(H4,47,48,49,50);2*1H. The molecule has 0 amide bonds. The minimum atomic E-state index is 0. The number of rotatable bonds is 11. The molecule has 286 valence electrons. The molecule has 0 aliphatic carbocycles. The number of nitrogens with zero attached hydrogens (tertiary/aromatic N) is 4. The second kappa shape index (κ2) is 17.0. The van der Waals surface area contributed by atoms with Gasteiger partial charge in [0.25, 0.3) is 0 Å². The predicted octanol–water partition coefficient (Wildman–Crippen LogP) is 3.13. The molecule has 2 heterocycles. The first-order chi connectivity index (χ1) is 26.2. The number of halogens is 2. The fraction of sp³-hybridized carbons (Fsp3) is 0.217. The van der Waals surface area contributed by atoms with Gasteiger partial charge in [-0.1, -0.05) is 49.2 Å². The summed E-state index contributed by atoms with van der Waals surface area (Å²) in [7, 11) is 0. The van der Waals surface area contributed by atoms with Gasteiger partial charge in [-0.2, -0.15) is 0 Å². The summed E-state index contributed by atoms with van der Waals surface area (Å²) in [6.07, 6.45) is 4.49. The van der Waals surface area contributed by atoms with Crippen LogP contribution in [0.25, 0.3) is 55.5 Å². The van der Waals surface area contributed by atoms with Gasteiger partial charge in [-0.3, -0.25) is 0 Å². The minimum absolute atomic E-state index is 0. The summed E-state index contributed by atoms with van der Waals surface area (Å²) in [5.74, 6) is 0. The van der Waals surface area contributed by atoms with Gasteiger partial charge in [-0.15, -0.1) is 9.13 Å². The Labute approximate surface area is 340 Å². The zero-order chi connectivity index (χ0) is 37.3. The van der Waals surface area contributed by atoms with Gasteiger partial charge in [0.1, 0.15) is 22.1 Å². The second-order valence-electron chi connectivity index (χ2n) is 14.5. The highest BCUT2D eigenvalue weighted by atomic mass is 35.5. The highest BCUT2D eigenvalue weighted by Gasteiger charge is 2.23. The molecule has 0 aliphatic heterocycles. The summed E-state index contributed by atoms with van der Waals surface area (Å²) in [5, 5.41) is 7.47. The van der Waals surface area contributed by atoms with Crippen molar-refractivity contribution in [3.8, 4) is 11.4 Å². The van der Waals surface area contributed by atoms with Crippen molar-refractivity contribution in [2.24, 2.45) is 0 Å². The third-order valence-electron chi connectivity index (χ3n) is 10.6. The third kappa shape index (κ3) is 7.85. The summed E-state index contributed by atoms with van der Waals surface area (Å²) < 4.78 is 4.55. The van der Waals surface area contributed by atoms with E-state index >= 15 is 0 Å². The van der Waals surface area contributed by atoms with Gasteiger partial charge in [0.2, 0.25) is 33.4 Å². The lowest BCUT2D eigenvalue weighted by molar-refractivity contribution is -0.538. The Bertz CT molecular complexity index is 2500. The Hall–Kier alpha value is -5.70. The molecule has 0 bridgehead atoms. The Kier molecular flexibility index (Phi) is 12.1. The number of hydrogen-bond acceptors (Lipinski definition) is 6. The molecule has 2 aromatic heterocycles. The Morgan fingerprint density at radius 3 is 1.16 bits per heavy atom. The number of nitrogens with one attached hydrogen (secondary N) is 2. The first kappa shape index (κ1) is 40.0. The Morgan fingerprint density at radius 2 is 0.786 bits per heavy atom. The third-order valence-corrected chi connectivity index (χ3v) is 10.6. The van der Waals surface area contributed by atoms with E-state index < -0.39 is 0 Å². The van der Waals surface area contributed by atoms with Gasteiger partial charge in [-0.25, -0.2) is 9.97 Å². The molecule has 0 spiro atoms. The molecule has 8 nitrogen and oxygen atoms in total. The first-order valence-electron chi connectivity index (χ1n) is 19.0. The molecule has 0 radical (unpaired) electrons. The molecule has 6 N–H and O–H groups in total. The fourth-order valence-electron chi connectivity index (χ4n) is 7.49. The summed E-state index contributed by atoms with van der Waals surface area (Å²) in [6.45, 7) is 10.2. The Morgan fingerprint density at radius 1 is 0.446 bits per heavy atom. The number of fused-ring (bicyclic) bond motifs is 4. The van der Waals surface area contributed by atoms with Gasteiger partial charge in [0, 0.05) is 84.4 Å². The number of aromatic nitrogens is 4. The summed E-state index contributed by atoms with van der Waals surface area (Å²) in [5.41, 5.74) is 31.1. The molecule has 10 heteroatoms. The van der Waals surface area contributed by atoms with Crippen LogP contribution in [-0.4, -0.2) is 23.1 Å². The number of nitrogen functional groups attached to an aromatic ring is 2. The molecule has 0 saturated heterocycles. The number of benzene rings is 6. The Balaban J connectivity index is 0.00000266. The molecule has 0 saturated carbocycles. The number of hydrogen-bond donors (Lipinski definition) is 4. The lowest BCUT2D eigenvalue weighted by Gasteiger charge is -2.13. The van der Waals surface area contributed by atoms with E-state index in [2.05, 4.69) is 119 Å². The van der Waals surface area contributed by atoms with Crippen LogP contribution in [0.15, 0.2) is 109 Å². The SMILES string of the molecule is Cc1cc2nc3cc(C)c(NCCCCCCNc4cc5c(cc4C)nc4cc(C)c(N)cc4[n+]5-c4ccccc4)cc3[n+](-c3ccccc3)c2cc1N.[Cl-].[Cl-]. The van der Waals surface area contributed by atoms with E-state index in [4.69, 9.17) is 21.4 Å². The van der Waals surface area contributed by atoms with Crippen molar-refractivity contribution in [2.45, 2.75) is 53.4 Å². The quantitative estimate of drug-likeness (QED) is 0.0696. The minimum Gasteiger partial charge on any atom is -1.00 e. The molecule has 0 aliphatic rings. The van der Waals surface area contributed by atoms with Crippen molar-refractivity contribution < 1.29 is 33.9 Å². The lowest BCUT2D eigenvalue weighted by Crippen LogP contribution is -3.00. The molecule has 0 atom stereocenters. The predicted molar refractivity (Wildman–Crippen MR) is 225 cm³/mol. The number of para-hydroxylation sites is 2. The van der Waals surface area contributed by atoms with Crippen LogP contribution in [0.3, 0.4) is 0 Å². The molecular formula is C46H48Cl2N8. The van der Waals surface area contributed by atoms with E-state index in [1.807, 2.05) is 38.1 Å². The monoisotopic (exact) mass is 782 g/mol. The molecule has 56 heavy (non-hydrogen) atoms. The van der Waals surface area contributed by atoms with Crippen molar-refractivity contribution in [2.75, 3.05) is 35.2 Å². The average molecular weight is 784 g/mol. The van der Waals surface area contributed by atoms with Gasteiger partial charge in [0.05, 0.1) is 0 Å². The molecule has 0 fully saturated rings. The zero-order valence-electron chi connectivity index (χ0n) is 32.3. The molecule has 8 rings (SSSR count). The molecule has 6 aromatic carbocycles. The van der Waals surface area contributed by atoms with Gasteiger partial charge < -0.3 is 46.9 Å². The van der Waals surface area contributed by atoms with Gasteiger partial charge in [-0.05, 0) is 87.1 Å². The summed E-state index contributed by atoms with van der Waals surface area (Å²) in [4.78, 5) is 10.1. The molecule has 0 unspecified atom stereocenters. The van der Waals surface area contributed by atoms with E-state index in [0.29, 0.717) is 0 Å². The van der Waals surface area contributed by atoms with Crippen molar-refractivity contribution in [1.82, 2.24) is 9.97 Å². The van der Waals surface area contributed by atoms with Crippen molar-refractivity contribution in [3.63, 3.8) is 0 Å². The number of unbranched alkanes of at least 4 members (excludes halogenated alkanes) is 3. The highest BCUT2D eigenvalue weighted by Crippen LogP contribution is 2.28. The van der Waals surface area contributed by atoms with Gasteiger partial charge >= 0.3 is 0 Å². The smallest absolute Gasteiger partial charge is 0.239 e. The van der Waals surface area contributed by atoms with Crippen LogP contribution in [0.2, 0.25) is 0 Å². The van der Waals surface area contributed by atoms with Crippen LogP contribution in [0.4, 0.5) is 22.7 Å². The van der Waals surface area contributed by atoms with E-state index in [-0.39, 0.29) is 24.8 Å². The first-order valence-corrected chi connectivity index (χ1v) is 19.0. The number of aryl methyl sites for hydroxylation is 4.